The Morgan fingerprint density at radius 1 is 1.25 bits per heavy atom. The van der Waals surface area contributed by atoms with Gasteiger partial charge < -0.3 is 11.2 Å². The Labute approximate surface area is 162 Å². The molecule has 1 heterocycles. The van der Waals surface area contributed by atoms with Crippen LogP contribution in [0.3, 0.4) is 0 Å². The number of nitrogen functional groups attached to an aromatic ring is 1. The first-order chi connectivity index (χ1) is 13.4. The summed E-state index contributed by atoms with van der Waals surface area (Å²) in [4.78, 5) is 22.9. The molecule has 0 radical (unpaired) electrons. The fourth-order valence-corrected chi connectivity index (χ4v) is 3.11. The lowest BCUT2D eigenvalue weighted by Gasteiger charge is -2.11. The second-order valence-corrected chi connectivity index (χ2v) is 7.01. The van der Waals surface area contributed by atoms with E-state index in [2.05, 4.69) is 15.5 Å². The fourth-order valence-electron chi connectivity index (χ4n) is 2.34. The van der Waals surface area contributed by atoms with Crippen molar-refractivity contribution in [1.82, 2.24) is 14.9 Å². The van der Waals surface area contributed by atoms with Crippen LogP contribution in [0.25, 0.3) is 11.4 Å². The third-order valence-electron chi connectivity index (χ3n) is 3.78. The Morgan fingerprint density at radius 2 is 1.93 bits per heavy atom. The Hall–Kier alpha value is -3.47. The van der Waals surface area contributed by atoms with Gasteiger partial charge in [0.15, 0.2) is 5.82 Å². The predicted molar refractivity (Wildman–Crippen MR) is 103 cm³/mol. The van der Waals surface area contributed by atoms with Crippen LogP contribution in [0.15, 0.2) is 53.7 Å². The summed E-state index contributed by atoms with van der Waals surface area (Å²) in [6, 6.07) is 11.4. The van der Waals surface area contributed by atoms with E-state index >= 15 is 0 Å². The third-order valence-corrected chi connectivity index (χ3v) is 4.83. The monoisotopic (exact) mass is 402 g/mol. The number of anilines is 1. The first-order valence-corrected chi connectivity index (χ1v) is 8.92. The number of para-hydroxylation sites is 2. The molecule has 3 aromatic rings. The summed E-state index contributed by atoms with van der Waals surface area (Å²) < 4.78 is 14.3. The minimum absolute atomic E-state index is 0.103. The lowest BCUT2D eigenvalue weighted by Crippen LogP contribution is -2.24. The number of hydrogen-bond acceptors (Lipinski definition) is 7. The SMILES string of the molecule is C[C@H](Sc1nnc(-c2ccc(F)cc2)n1N)C(=O)Nc1ccccc1[N+](=O)[O-]. The van der Waals surface area contributed by atoms with Crippen molar-refractivity contribution in [2.24, 2.45) is 0 Å². The van der Waals surface area contributed by atoms with Gasteiger partial charge in [0, 0.05) is 11.6 Å². The quantitative estimate of drug-likeness (QED) is 0.281. The van der Waals surface area contributed by atoms with Crippen molar-refractivity contribution >= 4 is 29.0 Å². The standard InChI is InChI=1S/C17H15FN6O3S/c1-10(16(25)20-13-4-2-3-5-14(13)24(26)27)28-17-22-21-15(23(17)19)11-6-8-12(18)9-7-11/h2-10H,19H2,1H3,(H,20,25)/t10-/m0/s1. The maximum atomic E-state index is 13.1. The van der Waals surface area contributed by atoms with Crippen LogP contribution < -0.4 is 11.2 Å². The van der Waals surface area contributed by atoms with E-state index in [1.165, 1.54) is 47.1 Å². The number of nitrogens with one attached hydrogen (secondary N) is 1. The number of thioether (sulfide) groups is 1. The van der Waals surface area contributed by atoms with Gasteiger partial charge in [-0.1, -0.05) is 23.9 Å². The molecule has 144 valence electrons. The molecular weight excluding hydrogens is 387 g/mol. The van der Waals surface area contributed by atoms with E-state index < -0.39 is 16.1 Å². The molecule has 0 spiro atoms. The molecule has 1 atom stereocenters. The number of benzene rings is 2. The predicted octanol–water partition coefficient (Wildman–Crippen LogP) is 2.83. The Bertz CT molecular complexity index is 1020. The van der Waals surface area contributed by atoms with Crippen molar-refractivity contribution in [2.45, 2.75) is 17.3 Å². The Balaban J connectivity index is 1.73. The number of nitro groups is 1. The van der Waals surface area contributed by atoms with Crippen molar-refractivity contribution in [3.05, 3.63) is 64.5 Å². The van der Waals surface area contributed by atoms with Gasteiger partial charge in [-0.05, 0) is 37.3 Å². The van der Waals surface area contributed by atoms with E-state index in [-0.39, 0.29) is 22.3 Å². The van der Waals surface area contributed by atoms with Crippen molar-refractivity contribution in [3.8, 4) is 11.4 Å². The first-order valence-electron chi connectivity index (χ1n) is 8.04. The largest absolute Gasteiger partial charge is 0.335 e. The number of halogens is 1. The Morgan fingerprint density at radius 3 is 2.61 bits per heavy atom. The van der Waals surface area contributed by atoms with Gasteiger partial charge >= 0.3 is 0 Å². The molecule has 9 nitrogen and oxygen atoms in total. The van der Waals surface area contributed by atoms with Crippen LogP contribution in [-0.2, 0) is 4.79 Å². The molecule has 0 aliphatic rings. The van der Waals surface area contributed by atoms with Crippen LogP contribution in [0, 0.1) is 15.9 Å². The first kappa shape index (κ1) is 19.3. The van der Waals surface area contributed by atoms with Gasteiger partial charge in [0.2, 0.25) is 11.1 Å². The average molecular weight is 402 g/mol. The number of carbonyl (C=O) groups excluding carboxylic acids is 1. The van der Waals surface area contributed by atoms with Crippen LogP contribution in [-0.4, -0.2) is 31.0 Å². The fraction of sp³-hybridized carbons (Fsp3) is 0.118. The molecule has 0 aliphatic carbocycles. The number of rotatable bonds is 6. The maximum absolute atomic E-state index is 13.1. The summed E-state index contributed by atoms with van der Waals surface area (Å²) >= 11 is 1.04. The van der Waals surface area contributed by atoms with E-state index in [4.69, 9.17) is 5.84 Å². The molecule has 0 aliphatic heterocycles. The molecule has 0 unspecified atom stereocenters. The van der Waals surface area contributed by atoms with E-state index in [0.717, 1.165) is 11.8 Å². The average Bonchev–Trinajstić information content (AvgIpc) is 3.03. The topological polar surface area (TPSA) is 129 Å². The second kappa shape index (κ2) is 8.05. The van der Waals surface area contributed by atoms with E-state index in [1.54, 1.807) is 13.0 Å². The van der Waals surface area contributed by atoms with Crippen LogP contribution in [0.4, 0.5) is 15.8 Å². The number of nitro benzene ring substituents is 1. The van der Waals surface area contributed by atoms with E-state index in [1.807, 2.05) is 0 Å². The highest BCUT2D eigenvalue weighted by molar-refractivity contribution is 8.00. The van der Waals surface area contributed by atoms with Gasteiger partial charge in [-0.15, -0.1) is 10.2 Å². The smallest absolute Gasteiger partial charge is 0.292 e. The second-order valence-electron chi connectivity index (χ2n) is 5.71. The number of hydrogen-bond donors (Lipinski definition) is 2. The summed E-state index contributed by atoms with van der Waals surface area (Å²) in [6.45, 7) is 1.61. The van der Waals surface area contributed by atoms with Gasteiger partial charge in [-0.2, -0.15) is 0 Å². The Kier molecular flexibility index (Phi) is 5.54. The van der Waals surface area contributed by atoms with Gasteiger partial charge in [0.25, 0.3) is 5.69 Å². The molecule has 3 rings (SSSR count). The molecule has 2 aromatic carbocycles. The summed E-state index contributed by atoms with van der Waals surface area (Å²) in [5, 5.41) is 21.1. The van der Waals surface area contributed by atoms with E-state index in [0.29, 0.717) is 11.4 Å². The van der Waals surface area contributed by atoms with Crippen LogP contribution in [0.1, 0.15) is 6.92 Å². The number of aromatic nitrogens is 3. The van der Waals surface area contributed by atoms with E-state index in [9.17, 15) is 19.3 Å². The molecule has 0 bridgehead atoms. The lowest BCUT2D eigenvalue weighted by molar-refractivity contribution is -0.383. The van der Waals surface area contributed by atoms with Crippen LogP contribution in [0.2, 0.25) is 0 Å². The van der Waals surface area contributed by atoms with Crippen molar-refractivity contribution in [1.29, 1.82) is 0 Å². The summed E-state index contributed by atoms with van der Waals surface area (Å²) in [7, 11) is 0. The minimum Gasteiger partial charge on any atom is -0.335 e. The molecule has 0 fully saturated rings. The third kappa shape index (κ3) is 4.09. The van der Waals surface area contributed by atoms with Crippen molar-refractivity contribution in [2.75, 3.05) is 11.2 Å². The number of nitrogens with two attached hydrogens (primary N) is 1. The lowest BCUT2D eigenvalue weighted by atomic mass is 10.2. The zero-order chi connectivity index (χ0) is 20.3. The van der Waals surface area contributed by atoms with Crippen molar-refractivity contribution < 1.29 is 14.1 Å². The minimum atomic E-state index is -0.660. The summed E-state index contributed by atoms with van der Waals surface area (Å²) in [6.07, 6.45) is 0. The molecule has 3 N–H and O–H groups in total. The summed E-state index contributed by atoms with van der Waals surface area (Å²) in [5.41, 5.74) is 0.472. The molecular formula is C17H15FN6O3S. The highest BCUT2D eigenvalue weighted by atomic mass is 32.2. The molecule has 1 amide bonds. The number of amides is 1. The van der Waals surface area contributed by atoms with Crippen molar-refractivity contribution in [3.63, 3.8) is 0 Å². The summed E-state index contributed by atoms with van der Waals surface area (Å²) in [5.74, 6) is 5.47. The normalized spacial score (nSPS) is 11.8. The van der Waals surface area contributed by atoms with Gasteiger partial charge in [-0.3, -0.25) is 14.9 Å². The highest BCUT2D eigenvalue weighted by Crippen LogP contribution is 2.27. The zero-order valence-electron chi connectivity index (χ0n) is 14.6. The number of nitrogens with zero attached hydrogens (tertiary/aromatic N) is 4. The zero-order valence-corrected chi connectivity index (χ0v) is 15.4. The molecule has 28 heavy (non-hydrogen) atoms. The highest BCUT2D eigenvalue weighted by Gasteiger charge is 2.22. The van der Waals surface area contributed by atoms with Gasteiger partial charge in [0.1, 0.15) is 11.5 Å². The molecule has 11 heteroatoms. The van der Waals surface area contributed by atoms with Gasteiger partial charge in [0.05, 0.1) is 10.2 Å². The van der Waals surface area contributed by atoms with Crippen LogP contribution >= 0.6 is 11.8 Å². The van der Waals surface area contributed by atoms with Gasteiger partial charge in [-0.25, -0.2) is 9.07 Å². The molecule has 1 aromatic heterocycles. The maximum Gasteiger partial charge on any atom is 0.292 e. The number of carbonyl (C=O) groups is 1. The van der Waals surface area contributed by atoms with Crippen LogP contribution in [0.5, 0.6) is 0 Å². The molecule has 0 saturated carbocycles. The molecule has 0 saturated heterocycles.